The Labute approximate surface area is 96.3 Å². The minimum Gasteiger partial charge on any atom is -0.490 e. The van der Waals surface area contributed by atoms with Crippen molar-refractivity contribution < 1.29 is 18.6 Å². The lowest BCUT2D eigenvalue weighted by molar-refractivity contribution is -0.0388. The maximum atomic E-state index is 13.0. The van der Waals surface area contributed by atoms with Crippen LogP contribution in [0.2, 0.25) is 0 Å². The average molecular weight is 279 g/mol. The lowest BCUT2D eigenvalue weighted by Gasteiger charge is -2.08. The average Bonchev–Trinajstić information content (AvgIpc) is 2.24. The summed E-state index contributed by atoms with van der Waals surface area (Å²) < 4.78 is 28.4. The van der Waals surface area contributed by atoms with Gasteiger partial charge in [0.1, 0.15) is 25.0 Å². The summed E-state index contributed by atoms with van der Waals surface area (Å²) in [4.78, 5) is 0. The van der Waals surface area contributed by atoms with Gasteiger partial charge in [0.2, 0.25) is 0 Å². The molecule has 0 aromatic heterocycles. The van der Waals surface area contributed by atoms with E-state index in [4.69, 9.17) is 9.47 Å². The van der Waals surface area contributed by atoms with Crippen molar-refractivity contribution in [3.05, 3.63) is 28.5 Å². The minimum absolute atomic E-state index is 0.230. The topological polar surface area (TPSA) is 27.7 Å². The van der Waals surface area contributed by atoms with Crippen LogP contribution in [0.15, 0.2) is 22.7 Å². The minimum atomic E-state index is -0.342. The molecular weight excluding hydrogens is 267 g/mol. The number of halogens is 2. The van der Waals surface area contributed by atoms with Gasteiger partial charge in [-0.05, 0) is 28.1 Å². The van der Waals surface area contributed by atoms with Crippen LogP contribution in [0.4, 0.5) is 4.39 Å². The normalized spacial score (nSPS) is 10.3. The number of rotatable bonds is 6. The van der Waals surface area contributed by atoms with Crippen molar-refractivity contribution in [3.63, 3.8) is 0 Å². The second kappa shape index (κ2) is 6.76. The molecule has 0 aliphatic heterocycles. The molecule has 1 aromatic carbocycles. The summed E-state index contributed by atoms with van der Waals surface area (Å²) in [7, 11) is 1.55. The summed E-state index contributed by atoms with van der Waals surface area (Å²) in [5.74, 6) is 0.126. The summed E-state index contributed by atoms with van der Waals surface area (Å²) in [5, 5.41) is 0. The molecule has 0 aliphatic rings. The third-order valence-electron chi connectivity index (χ3n) is 1.60. The SMILES string of the molecule is COCOCCOc1cccc(F)c1Br. The molecule has 3 nitrogen and oxygen atoms in total. The highest BCUT2D eigenvalue weighted by atomic mass is 79.9. The van der Waals surface area contributed by atoms with Crippen LogP contribution in [0.5, 0.6) is 5.75 Å². The predicted octanol–water partition coefficient (Wildman–Crippen LogP) is 2.59. The second-order valence-electron chi connectivity index (χ2n) is 2.72. The Morgan fingerprint density at radius 3 is 2.87 bits per heavy atom. The van der Waals surface area contributed by atoms with Crippen molar-refractivity contribution in [2.75, 3.05) is 27.1 Å². The molecule has 0 fully saturated rings. The molecule has 0 bridgehead atoms. The van der Waals surface area contributed by atoms with E-state index in [1.807, 2.05) is 0 Å². The van der Waals surface area contributed by atoms with Gasteiger partial charge in [-0.25, -0.2) is 4.39 Å². The van der Waals surface area contributed by atoms with Crippen LogP contribution in [0.1, 0.15) is 0 Å². The van der Waals surface area contributed by atoms with E-state index in [9.17, 15) is 4.39 Å². The highest BCUT2D eigenvalue weighted by molar-refractivity contribution is 9.10. The van der Waals surface area contributed by atoms with E-state index in [-0.39, 0.29) is 12.6 Å². The molecule has 0 heterocycles. The maximum Gasteiger partial charge on any atom is 0.146 e. The van der Waals surface area contributed by atoms with Crippen LogP contribution in [0.3, 0.4) is 0 Å². The largest absolute Gasteiger partial charge is 0.490 e. The summed E-state index contributed by atoms with van der Waals surface area (Å²) in [6.45, 7) is 0.982. The molecule has 15 heavy (non-hydrogen) atoms. The quantitative estimate of drug-likeness (QED) is 0.591. The Kier molecular flexibility index (Phi) is 5.60. The molecule has 5 heteroatoms. The fourth-order valence-electron chi connectivity index (χ4n) is 0.948. The van der Waals surface area contributed by atoms with Crippen LogP contribution in [-0.2, 0) is 9.47 Å². The Balaban J connectivity index is 2.34. The van der Waals surface area contributed by atoms with Crippen molar-refractivity contribution >= 4 is 15.9 Å². The first kappa shape index (κ1) is 12.4. The van der Waals surface area contributed by atoms with Gasteiger partial charge in [0.15, 0.2) is 0 Å². The van der Waals surface area contributed by atoms with Gasteiger partial charge < -0.3 is 14.2 Å². The third kappa shape index (κ3) is 4.15. The van der Waals surface area contributed by atoms with Crippen LogP contribution in [0.25, 0.3) is 0 Å². The van der Waals surface area contributed by atoms with E-state index in [1.165, 1.54) is 6.07 Å². The van der Waals surface area contributed by atoms with Gasteiger partial charge >= 0.3 is 0 Å². The molecular formula is C10H12BrFO3. The molecule has 0 saturated carbocycles. The zero-order valence-corrected chi connectivity index (χ0v) is 9.92. The van der Waals surface area contributed by atoms with Crippen LogP contribution in [-0.4, -0.2) is 27.1 Å². The number of benzene rings is 1. The Morgan fingerprint density at radius 1 is 1.33 bits per heavy atom. The molecule has 0 spiro atoms. The molecule has 1 aromatic rings. The molecule has 0 saturated heterocycles. The van der Waals surface area contributed by atoms with Crippen molar-refractivity contribution in [1.82, 2.24) is 0 Å². The fraction of sp³-hybridized carbons (Fsp3) is 0.400. The Bertz CT molecular complexity index is 307. The van der Waals surface area contributed by atoms with E-state index in [0.717, 1.165) is 0 Å². The van der Waals surface area contributed by atoms with Gasteiger partial charge in [0, 0.05) is 7.11 Å². The number of ether oxygens (including phenoxy) is 3. The summed E-state index contributed by atoms with van der Waals surface area (Å²) in [6.07, 6.45) is 0. The van der Waals surface area contributed by atoms with Crippen LogP contribution in [0, 0.1) is 5.82 Å². The monoisotopic (exact) mass is 278 g/mol. The molecule has 0 aliphatic carbocycles. The van der Waals surface area contributed by atoms with E-state index in [2.05, 4.69) is 20.7 Å². The molecule has 0 atom stereocenters. The van der Waals surface area contributed by atoms with E-state index < -0.39 is 0 Å². The zero-order valence-electron chi connectivity index (χ0n) is 8.33. The number of hydrogen-bond donors (Lipinski definition) is 0. The van der Waals surface area contributed by atoms with E-state index >= 15 is 0 Å². The Hall–Kier alpha value is -0.650. The van der Waals surface area contributed by atoms with E-state index in [0.29, 0.717) is 23.4 Å². The van der Waals surface area contributed by atoms with Crippen LogP contribution < -0.4 is 4.74 Å². The lowest BCUT2D eigenvalue weighted by atomic mass is 10.3. The maximum absolute atomic E-state index is 13.0. The predicted molar refractivity (Wildman–Crippen MR) is 57.4 cm³/mol. The third-order valence-corrected chi connectivity index (χ3v) is 2.37. The molecule has 0 radical (unpaired) electrons. The fourth-order valence-corrected chi connectivity index (χ4v) is 1.33. The van der Waals surface area contributed by atoms with Gasteiger partial charge in [-0.2, -0.15) is 0 Å². The Morgan fingerprint density at radius 2 is 2.13 bits per heavy atom. The first-order valence-corrected chi connectivity index (χ1v) is 5.18. The number of methoxy groups -OCH3 is 1. The van der Waals surface area contributed by atoms with E-state index in [1.54, 1.807) is 19.2 Å². The van der Waals surface area contributed by atoms with Crippen molar-refractivity contribution in [2.45, 2.75) is 0 Å². The summed E-state index contributed by atoms with van der Waals surface area (Å²) in [6, 6.07) is 4.63. The second-order valence-corrected chi connectivity index (χ2v) is 3.51. The molecule has 0 amide bonds. The van der Waals surface area contributed by atoms with Gasteiger partial charge in [0.05, 0.1) is 11.1 Å². The summed E-state index contributed by atoms with van der Waals surface area (Å²) in [5.41, 5.74) is 0. The smallest absolute Gasteiger partial charge is 0.146 e. The van der Waals surface area contributed by atoms with Crippen molar-refractivity contribution in [3.8, 4) is 5.75 Å². The highest BCUT2D eigenvalue weighted by Crippen LogP contribution is 2.27. The van der Waals surface area contributed by atoms with Crippen molar-refractivity contribution in [1.29, 1.82) is 0 Å². The zero-order chi connectivity index (χ0) is 11.1. The van der Waals surface area contributed by atoms with Gasteiger partial charge in [-0.1, -0.05) is 6.07 Å². The molecule has 1 rings (SSSR count). The molecule has 0 N–H and O–H groups in total. The van der Waals surface area contributed by atoms with Gasteiger partial charge in [0.25, 0.3) is 0 Å². The van der Waals surface area contributed by atoms with Gasteiger partial charge in [-0.15, -0.1) is 0 Å². The lowest BCUT2D eigenvalue weighted by Crippen LogP contribution is -2.08. The first-order valence-electron chi connectivity index (χ1n) is 4.39. The van der Waals surface area contributed by atoms with Gasteiger partial charge in [-0.3, -0.25) is 0 Å². The summed E-state index contributed by atoms with van der Waals surface area (Å²) >= 11 is 3.10. The van der Waals surface area contributed by atoms with Crippen LogP contribution >= 0.6 is 15.9 Å². The molecule has 84 valence electrons. The standard InChI is InChI=1S/C10H12BrFO3/c1-13-7-14-5-6-15-9-4-2-3-8(12)10(9)11/h2-4H,5-7H2,1H3. The van der Waals surface area contributed by atoms with Crippen molar-refractivity contribution in [2.24, 2.45) is 0 Å². The first-order chi connectivity index (χ1) is 7.25. The molecule has 0 unspecified atom stereocenters. The highest BCUT2D eigenvalue weighted by Gasteiger charge is 2.05. The number of hydrogen-bond acceptors (Lipinski definition) is 3.